The average molecular weight is 403 g/mol. The average Bonchev–Trinajstić information content (AvgIpc) is 2.76. The van der Waals surface area contributed by atoms with E-state index in [9.17, 15) is 14.4 Å². The highest BCUT2D eigenvalue weighted by atomic mass is 16.5. The van der Waals surface area contributed by atoms with E-state index >= 15 is 0 Å². The van der Waals surface area contributed by atoms with Gasteiger partial charge in [0.1, 0.15) is 11.5 Å². The van der Waals surface area contributed by atoms with Crippen molar-refractivity contribution in [3.8, 4) is 11.5 Å². The minimum Gasteiger partial charge on any atom is -0.478 e. The largest absolute Gasteiger partial charge is 0.478 e. The number of carbonyl (C=O) groups is 3. The summed E-state index contributed by atoms with van der Waals surface area (Å²) >= 11 is 0. The highest BCUT2D eigenvalue weighted by Crippen LogP contribution is 2.22. The highest BCUT2D eigenvalue weighted by molar-refractivity contribution is 6.39. The molecule has 0 bridgehead atoms. The number of para-hydroxylation sites is 1. The van der Waals surface area contributed by atoms with Gasteiger partial charge in [0.05, 0.1) is 11.8 Å². The van der Waals surface area contributed by atoms with Crippen LogP contribution in [0, 0.1) is 0 Å². The van der Waals surface area contributed by atoms with E-state index in [1.807, 2.05) is 30.3 Å². The van der Waals surface area contributed by atoms with E-state index in [0.717, 1.165) is 6.21 Å². The van der Waals surface area contributed by atoms with Crippen molar-refractivity contribution in [2.24, 2.45) is 5.10 Å². The van der Waals surface area contributed by atoms with Crippen LogP contribution in [-0.2, 0) is 9.59 Å². The normalized spacial score (nSPS) is 10.4. The molecule has 0 radical (unpaired) electrons. The molecule has 3 aromatic carbocycles. The standard InChI is InChI=1S/C22H17N3O5/c26-20(21(27)25-23-14-15-6-4-5-9-19(15)22(28)29)24-16-10-12-18(13-11-16)30-17-7-2-1-3-8-17/h1-14H,(H,24,26)(H,25,27)(H,28,29)/b23-14-. The zero-order valence-corrected chi connectivity index (χ0v) is 15.6. The molecule has 0 aliphatic carbocycles. The molecule has 0 aliphatic rings. The second-order valence-corrected chi connectivity index (χ2v) is 5.99. The Balaban J connectivity index is 1.54. The Kier molecular flexibility index (Phi) is 6.52. The summed E-state index contributed by atoms with van der Waals surface area (Å²) in [5.74, 6) is -1.79. The number of benzene rings is 3. The number of hydrogen-bond donors (Lipinski definition) is 3. The molecule has 0 heterocycles. The van der Waals surface area contributed by atoms with Crippen LogP contribution in [0.3, 0.4) is 0 Å². The number of nitrogens with zero attached hydrogens (tertiary/aromatic N) is 1. The van der Waals surface area contributed by atoms with E-state index in [1.54, 1.807) is 36.4 Å². The lowest BCUT2D eigenvalue weighted by atomic mass is 10.1. The van der Waals surface area contributed by atoms with Gasteiger partial charge in [0.2, 0.25) is 0 Å². The van der Waals surface area contributed by atoms with Crippen molar-refractivity contribution in [1.29, 1.82) is 0 Å². The van der Waals surface area contributed by atoms with Crippen LogP contribution < -0.4 is 15.5 Å². The Morgan fingerprint density at radius 2 is 1.43 bits per heavy atom. The molecule has 0 spiro atoms. The predicted octanol–water partition coefficient (Wildman–Crippen LogP) is 3.27. The van der Waals surface area contributed by atoms with Crippen molar-refractivity contribution < 1.29 is 24.2 Å². The molecule has 30 heavy (non-hydrogen) atoms. The molecule has 8 nitrogen and oxygen atoms in total. The number of anilines is 1. The number of carboxylic acids is 1. The van der Waals surface area contributed by atoms with Crippen LogP contribution in [0.25, 0.3) is 0 Å². The van der Waals surface area contributed by atoms with Crippen LogP contribution in [-0.4, -0.2) is 29.1 Å². The van der Waals surface area contributed by atoms with E-state index in [2.05, 4.69) is 15.8 Å². The summed E-state index contributed by atoms with van der Waals surface area (Å²) in [7, 11) is 0. The van der Waals surface area contributed by atoms with Gasteiger partial charge in [-0.05, 0) is 42.5 Å². The predicted molar refractivity (Wildman–Crippen MR) is 111 cm³/mol. The van der Waals surface area contributed by atoms with Crippen molar-refractivity contribution in [2.75, 3.05) is 5.32 Å². The third-order valence-electron chi connectivity index (χ3n) is 3.86. The topological polar surface area (TPSA) is 117 Å². The molecule has 0 aliphatic heterocycles. The molecule has 3 rings (SSSR count). The lowest BCUT2D eigenvalue weighted by Gasteiger charge is -2.07. The Labute approximate surface area is 171 Å². The Bertz CT molecular complexity index is 1080. The number of hydrogen-bond acceptors (Lipinski definition) is 5. The zero-order chi connectivity index (χ0) is 21.3. The van der Waals surface area contributed by atoms with Gasteiger partial charge in [-0.2, -0.15) is 5.10 Å². The van der Waals surface area contributed by atoms with Crippen LogP contribution >= 0.6 is 0 Å². The van der Waals surface area contributed by atoms with E-state index in [1.165, 1.54) is 12.1 Å². The van der Waals surface area contributed by atoms with Gasteiger partial charge in [-0.25, -0.2) is 10.2 Å². The van der Waals surface area contributed by atoms with Crippen LogP contribution in [0.4, 0.5) is 5.69 Å². The van der Waals surface area contributed by atoms with Gasteiger partial charge in [-0.15, -0.1) is 0 Å². The molecule has 0 fully saturated rings. The molecule has 0 unspecified atom stereocenters. The molecule has 3 aromatic rings. The van der Waals surface area contributed by atoms with Crippen molar-refractivity contribution in [3.63, 3.8) is 0 Å². The molecule has 0 atom stereocenters. The van der Waals surface area contributed by atoms with Crippen molar-refractivity contribution in [2.45, 2.75) is 0 Å². The SMILES string of the molecule is O=C(N/N=C\c1ccccc1C(=O)O)C(=O)Nc1ccc(Oc2ccccc2)cc1. The number of carboxylic acid groups (broad SMARTS) is 1. The summed E-state index contributed by atoms with van der Waals surface area (Å²) in [4.78, 5) is 35.0. The third kappa shape index (κ3) is 5.52. The molecular weight excluding hydrogens is 386 g/mol. The van der Waals surface area contributed by atoms with Gasteiger partial charge in [0.15, 0.2) is 0 Å². The summed E-state index contributed by atoms with van der Waals surface area (Å²) in [6.07, 6.45) is 1.16. The number of rotatable bonds is 6. The second-order valence-electron chi connectivity index (χ2n) is 5.99. The van der Waals surface area contributed by atoms with Gasteiger partial charge in [0.25, 0.3) is 0 Å². The Morgan fingerprint density at radius 3 is 2.13 bits per heavy atom. The molecule has 3 N–H and O–H groups in total. The van der Waals surface area contributed by atoms with Crippen molar-refractivity contribution in [3.05, 3.63) is 90.0 Å². The number of nitrogens with one attached hydrogen (secondary N) is 2. The molecule has 0 saturated carbocycles. The van der Waals surface area contributed by atoms with E-state index in [0.29, 0.717) is 22.7 Å². The minimum absolute atomic E-state index is 0.0257. The summed E-state index contributed by atoms with van der Waals surface area (Å²) in [5.41, 5.74) is 2.78. The van der Waals surface area contributed by atoms with Gasteiger partial charge in [-0.3, -0.25) is 9.59 Å². The number of ether oxygens (including phenoxy) is 1. The molecule has 2 amide bonds. The maximum absolute atomic E-state index is 12.0. The van der Waals surface area contributed by atoms with Gasteiger partial charge in [0, 0.05) is 11.3 Å². The molecule has 0 aromatic heterocycles. The smallest absolute Gasteiger partial charge is 0.336 e. The Hall–Kier alpha value is -4.46. The maximum atomic E-state index is 12.0. The number of amides is 2. The monoisotopic (exact) mass is 403 g/mol. The van der Waals surface area contributed by atoms with E-state index in [4.69, 9.17) is 9.84 Å². The first kappa shape index (κ1) is 20.3. The fourth-order valence-corrected chi connectivity index (χ4v) is 2.43. The van der Waals surface area contributed by atoms with E-state index < -0.39 is 17.8 Å². The number of carbonyl (C=O) groups excluding carboxylic acids is 2. The summed E-state index contributed by atoms with van der Waals surface area (Å²) < 4.78 is 5.65. The lowest BCUT2D eigenvalue weighted by molar-refractivity contribution is -0.136. The Morgan fingerprint density at radius 1 is 0.800 bits per heavy atom. The van der Waals surface area contributed by atoms with Crippen LogP contribution in [0.5, 0.6) is 11.5 Å². The van der Waals surface area contributed by atoms with Crippen molar-refractivity contribution in [1.82, 2.24) is 5.43 Å². The quantitative estimate of drug-likeness (QED) is 0.332. The summed E-state index contributed by atoms with van der Waals surface area (Å²) in [5, 5.41) is 15.2. The molecule has 150 valence electrons. The second kappa shape index (κ2) is 9.65. The van der Waals surface area contributed by atoms with Crippen LogP contribution in [0.15, 0.2) is 84.0 Å². The van der Waals surface area contributed by atoms with Gasteiger partial charge in [-0.1, -0.05) is 36.4 Å². The van der Waals surface area contributed by atoms with Gasteiger partial charge >= 0.3 is 17.8 Å². The molecule has 8 heteroatoms. The summed E-state index contributed by atoms with van der Waals surface area (Å²) in [6, 6.07) is 21.8. The fourth-order valence-electron chi connectivity index (χ4n) is 2.43. The lowest BCUT2D eigenvalue weighted by Crippen LogP contribution is -2.32. The number of hydrazone groups is 1. The first-order chi connectivity index (χ1) is 14.5. The molecule has 0 saturated heterocycles. The number of aromatic carboxylic acids is 1. The van der Waals surface area contributed by atoms with Crippen LogP contribution in [0.2, 0.25) is 0 Å². The first-order valence-electron chi connectivity index (χ1n) is 8.82. The highest BCUT2D eigenvalue weighted by Gasteiger charge is 2.13. The van der Waals surface area contributed by atoms with Crippen LogP contribution in [0.1, 0.15) is 15.9 Å². The first-order valence-corrected chi connectivity index (χ1v) is 8.82. The zero-order valence-electron chi connectivity index (χ0n) is 15.6. The fraction of sp³-hybridized carbons (Fsp3) is 0. The minimum atomic E-state index is -1.12. The molecular formula is C22H17N3O5. The van der Waals surface area contributed by atoms with Gasteiger partial charge < -0.3 is 15.2 Å². The maximum Gasteiger partial charge on any atom is 0.336 e. The van der Waals surface area contributed by atoms with Crippen molar-refractivity contribution >= 4 is 29.7 Å². The third-order valence-corrected chi connectivity index (χ3v) is 3.86. The summed E-state index contributed by atoms with van der Waals surface area (Å²) in [6.45, 7) is 0. The van der Waals surface area contributed by atoms with E-state index in [-0.39, 0.29) is 5.56 Å².